The molecule has 26 heavy (non-hydrogen) atoms. The maximum atomic E-state index is 12.6. The Morgan fingerprint density at radius 3 is 2.35 bits per heavy atom. The average Bonchev–Trinajstić information content (AvgIpc) is 3.35. The molecular weight excluding hydrogens is 465 g/mol. The fourth-order valence-electron chi connectivity index (χ4n) is 2.19. The van der Waals surface area contributed by atoms with Gasteiger partial charge >= 0.3 is 0 Å². The van der Waals surface area contributed by atoms with Crippen molar-refractivity contribution in [2.45, 2.75) is 23.8 Å². The first kappa shape index (κ1) is 19.4. The largest absolute Gasteiger partial charge is 0.396 e. The van der Waals surface area contributed by atoms with E-state index in [2.05, 4.69) is 26.0 Å². The van der Waals surface area contributed by atoms with Gasteiger partial charge in [-0.15, -0.1) is 0 Å². The van der Waals surface area contributed by atoms with Crippen LogP contribution in [0, 0.1) is 0 Å². The minimum absolute atomic E-state index is 0.0196. The standard InChI is InChI=1S/C16H14BrCl2N3O3S/c17-12-4-3-10(26(24,25)22-8-1-2-8)7-11(12)16(23)21-9-5-13(18)15(20)14(19)6-9/h3-8,22H,1-2,20H2,(H,21,23). The van der Waals surface area contributed by atoms with E-state index in [1.165, 1.54) is 30.3 Å². The number of hydrogen-bond donors (Lipinski definition) is 3. The molecule has 0 radical (unpaired) electrons. The van der Waals surface area contributed by atoms with E-state index in [0.29, 0.717) is 10.2 Å². The Kier molecular flexibility index (Phi) is 5.50. The van der Waals surface area contributed by atoms with Crippen LogP contribution < -0.4 is 15.8 Å². The lowest BCUT2D eigenvalue weighted by molar-refractivity contribution is 0.102. The summed E-state index contributed by atoms with van der Waals surface area (Å²) in [6, 6.07) is 7.15. The number of halogens is 3. The van der Waals surface area contributed by atoms with Crippen molar-refractivity contribution in [3.8, 4) is 0 Å². The summed E-state index contributed by atoms with van der Waals surface area (Å²) in [5.74, 6) is -0.516. The van der Waals surface area contributed by atoms with Gasteiger partial charge in [0.2, 0.25) is 10.0 Å². The topological polar surface area (TPSA) is 101 Å². The summed E-state index contributed by atoms with van der Waals surface area (Å²) in [5.41, 5.74) is 6.39. The van der Waals surface area contributed by atoms with Gasteiger partial charge in [0.05, 0.1) is 26.2 Å². The maximum absolute atomic E-state index is 12.6. The third-order valence-corrected chi connectivity index (χ3v) is 6.56. The Labute approximate surface area is 169 Å². The number of nitrogen functional groups attached to an aromatic ring is 1. The molecule has 4 N–H and O–H groups in total. The molecule has 1 saturated carbocycles. The van der Waals surface area contributed by atoms with Gasteiger partial charge in [0, 0.05) is 16.2 Å². The number of nitrogens with two attached hydrogens (primary N) is 1. The summed E-state index contributed by atoms with van der Waals surface area (Å²) < 4.78 is 27.7. The molecule has 0 heterocycles. The van der Waals surface area contributed by atoms with E-state index in [-0.39, 0.29) is 32.2 Å². The SMILES string of the molecule is Nc1c(Cl)cc(NC(=O)c2cc(S(=O)(=O)NC3CC3)ccc2Br)cc1Cl. The second kappa shape index (κ2) is 7.36. The van der Waals surface area contributed by atoms with E-state index in [1.807, 2.05) is 0 Å². The summed E-state index contributed by atoms with van der Waals surface area (Å²) >= 11 is 15.2. The Hall–Kier alpha value is -1.32. The average molecular weight is 479 g/mol. The van der Waals surface area contributed by atoms with E-state index in [9.17, 15) is 13.2 Å². The lowest BCUT2D eigenvalue weighted by atomic mass is 10.2. The molecule has 10 heteroatoms. The quantitative estimate of drug-likeness (QED) is 0.564. The van der Waals surface area contributed by atoms with Crippen LogP contribution in [0.3, 0.4) is 0 Å². The van der Waals surface area contributed by atoms with Gasteiger partial charge in [-0.2, -0.15) is 0 Å². The Morgan fingerprint density at radius 2 is 1.77 bits per heavy atom. The number of hydrogen-bond acceptors (Lipinski definition) is 4. The number of rotatable bonds is 5. The second-order valence-electron chi connectivity index (χ2n) is 5.84. The molecule has 1 amide bonds. The third kappa shape index (κ3) is 4.32. The molecule has 0 saturated heterocycles. The predicted molar refractivity (Wildman–Crippen MR) is 106 cm³/mol. The van der Waals surface area contributed by atoms with Crippen molar-refractivity contribution >= 4 is 66.4 Å². The lowest BCUT2D eigenvalue weighted by Gasteiger charge is -2.11. The molecule has 3 rings (SSSR count). The normalized spacial score (nSPS) is 14.3. The van der Waals surface area contributed by atoms with E-state index in [1.54, 1.807) is 0 Å². The molecule has 2 aromatic rings. The van der Waals surface area contributed by atoms with E-state index in [0.717, 1.165) is 12.8 Å². The number of anilines is 2. The van der Waals surface area contributed by atoms with Crippen molar-refractivity contribution < 1.29 is 13.2 Å². The first-order chi connectivity index (χ1) is 12.2. The molecule has 138 valence electrons. The van der Waals surface area contributed by atoms with Crippen molar-refractivity contribution in [2.75, 3.05) is 11.1 Å². The summed E-state index contributed by atoms with van der Waals surface area (Å²) in [4.78, 5) is 12.6. The van der Waals surface area contributed by atoms with Crippen molar-refractivity contribution in [3.63, 3.8) is 0 Å². The van der Waals surface area contributed by atoms with Crippen molar-refractivity contribution in [1.82, 2.24) is 4.72 Å². The molecule has 1 fully saturated rings. The molecule has 1 aliphatic carbocycles. The lowest BCUT2D eigenvalue weighted by Crippen LogP contribution is -2.26. The van der Waals surface area contributed by atoms with Crippen LogP contribution in [-0.2, 0) is 10.0 Å². The van der Waals surface area contributed by atoms with E-state index in [4.69, 9.17) is 28.9 Å². The van der Waals surface area contributed by atoms with Crippen LogP contribution in [0.25, 0.3) is 0 Å². The van der Waals surface area contributed by atoms with Crippen LogP contribution in [0.4, 0.5) is 11.4 Å². The fraction of sp³-hybridized carbons (Fsp3) is 0.188. The zero-order chi connectivity index (χ0) is 19.1. The van der Waals surface area contributed by atoms with Crippen molar-refractivity contribution in [1.29, 1.82) is 0 Å². The third-order valence-electron chi connectivity index (χ3n) is 3.73. The van der Waals surface area contributed by atoms with Gasteiger partial charge in [-0.3, -0.25) is 4.79 Å². The number of sulfonamides is 1. The smallest absolute Gasteiger partial charge is 0.256 e. The molecule has 0 unspecified atom stereocenters. The van der Waals surface area contributed by atoms with Gasteiger partial charge in [-0.25, -0.2) is 13.1 Å². The molecule has 6 nitrogen and oxygen atoms in total. The first-order valence-corrected chi connectivity index (χ1v) is 10.6. The van der Waals surface area contributed by atoms with Crippen LogP contribution in [0.1, 0.15) is 23.2 Å². The van der Waals surface area contributed by atoms with Crippen LogP contribution in [0.5, 0.6) is 0 Å². The van der Waals surface area contributed by atoms with Gasteiger partial charge in [0.1, 0.15) is 0 Å². The summed E-state index contributed by atoms with van der Waals surface area (Å²) in [6.07, 6.45) is 1.64. The molecule has 0 spiro atoms. The zero-order valence-electron chi connectivity index (χ0n) is 13.2. The molecule has 0 bridgehead atoms. The highest BCUT2D eigenvalue weighted by molar-refractivity contribution is 9.10. The van der Waals surface area contributed by atoms with Crippen LogP contribution in [0.2, 0.25) is 10.0 Å². The zero-order valence-corrected chi connectivity index (χ0v) is 17.1. The van der Waals surface area contributed by atoms with Crippen LogP contribution in [-0.4, -0.2) is 20.4 Å². The Morgan fingerprint density at radius 1 is 1.15 bits per heavy atom. The van der Waals surface area contributed by atoms with Crippen molar-refractivity contribution in [3.05, 3.63) is 50.4 Å². The second-order valence-corrected chi connectivity index (χ2v) is 9.23. The van der Waals surface area contributed by atoms with E-state index >= 15 is 0 Å². The molecule has 0 atom stereocenters. The highest BCUT2D eigenvalue weighted by Crippen LogP contribution is 2.32. The number of carbonyl (C=O) groups is 1. The highest BCUT2D eigenvalue weighted by Gasteiger charge is 2.28. The number of nitrogens with one attached hydrogen (secondary N) is 2. The number of amides is 1. The molecule has 2 aromatic carbocycles. The molecule has 1 aliphatic rings. The summed E-state index contributed by atoms with van der Waals surface area (Å²) in [7, 11) is -3.67. The van der Waals surface area contributed by atoms with Gasteiger partial charge in [-0.1, -0.05) is 23.2 Å². The van der Waals surface area contributed by atoms with Gasteiger partial charge in [0.25, 0.3) is 5.91 Å². The number of benzene rings is 2. The van der Waals surface area contributed by atoms with Gasteiger partial charge in [0.15, 0.2) is 0 Å². The Bertz CT molecular complexity index is 971. The van der Waals surface area contributed by atoms with Crippen molar-refractivity contribution in [2.24, 2.45) is 0 Å². The molecule has 0 aliphatic heterocycles. The highest BCUT2D eigenvalue weighted by atomic mass is 79.9. The molecular formula is C16H14BrCl2N3O3S. The predicted octanol–water partition coefficient (Wildman–Crippen LogP) is 4.03. The van der Waals surface area contributed by atoms with Crippen LogP contribution in [0.15, 0.2) is 39.7 Å². The summed E-state index contributed by atoms with van der Waals surface area (Å²) in [6.45, 7) is 0. The molecule has 0 aromatic heterocycles. The monoisotopic (exact) mass is 477 g/mol. The fourth-order valence-corrected chi connectivity index (χ4v) is 4.43. The minimum atomic E-state index is -3.67. The minimum Gasteiger partial charge on any atom is -0.396 e. The van der Waals surface area contributed by atoms with Crippen LogP contribution >= 0.6 is 39.1 Å². The van der Waals surface area contributed by atoms with Gasteiger partial charge < -0.3 is 11.1 Å². The number of carbonyl (C=O) groups excluding carboxylic acids is 1. The maximum Gasteiger partial charge on any atom is 0.256 e. The van der Waals surface area contributed by atoms with Gasteiger partial charge in [-0.05, 0) is 59.1 Å². The summed E-state index contributed by atoms with van der Waals surface area (Å²) in [5, 5.41) is 3.04. The first-order valence-electron chi connectivity index (χ1n) is 7.55. The Balaban J connectivity index is 1.88. The van der Waals surface area contributed by atoms with E-state index < -0.39 is 15.9 Å².